The van der Waals surface area contributed by atoms with Crippen LogP contribution in [-0.2, 0) is 16.1 Å². The normalized spacial score (nSPS) is 11.9. The van der Waals surface area contributed by atoms with Crippen LogP contribution in [0.5, 0.6) is 11.5 Å². The zero-order chi connectivity index (χ0) is 39.0. The maximum Gasteiger partial charge on any atom is 0.272 e. The smallest absolute Gasteiger partial charge is 0.272 e. The standard InChI is InChI=1S/C46H40N4O5S/c1-4-50-39-20-12-11-19-36(39)37-29-34(24-27-40(37)50)48-46(53)43(30-14-7-5-8-15-30)56-35-25-22-33(23-26-35)47-45(52)38(49-44(51)31-16-9-6-10-17-31)28-32-18-13-21-41(54-2)42(32)55-3/h5-29,43H,4H2,1-3H3,(H,47,52)(H,48,53)(H,49,51)/b38-28-. The Balaban J connectivity index is 1.11. The molecule has 1 aromatic heterocycles. The van der Waals surface area contributed by atoms with E-state index in [1.807, 2.05) is 72.8 Å². The van der Waals surface area contributed by atoms with E-state index < -0.39 is 17.1 Å². The number of aryl methyl sites for hydroxylation is 1. The number of ether oxygens (including phenoxy) is 2. The lowest BCUT2D eigenvalue weighted by atomic mass is 10.1. The Morgan fingerprint density at radius 3 is 2.09 bits per heavy atom. The number of carbonyl (C=O) groups is 3. The Hall–Kier alpha value is -6.78. The fourth-order valence-electron chi connectivity index (χ4n) is 6.66. The van der Waals surface area contributed by atoms with Crippen LogP contribution in [0.25, 0.3) is 27.9 Å². The molecule has 10 heteroatoms. The first-order chi connectivity index (χ1) is 27.4. The number of benzene rings is 6. The number of hydrogen-bond acceptors (Lipinski definition) is 6. The van der Waals surface area contributed by atoms with Crippen molar-refractivity contribution in [3.05, 3.63) is 168 Å². The van der Waals surface area contributed by atoms with Gasteiger partial charge in [0.25, 0.3) is 11.8 Å². The molecule has 0 aliphatic carbocycles. The molecule has 0 aliphatic heterocycles. The summed E-state index contributed by atoms with van der Waals surface area (Å²) in [6.07, 6.45) is 1.55. The quantitative estimate of drug-likeness (QED) is 0.0798. The first kappa shape index (κ1) is 37.5. The largest absolute Gasteiger partial charge is 0.493 e. The third kappa shape index (κ3) is 8.15. The average molecular weight is 761 g/mol. The van der Waals surface area contributed by atoms with Crippen molar-refractivity contribution < 1.29 is 23.9 Å². The van der Waals surface area contributed by atoms with Gasteiger partial charge < -0.3 is 30.0 Å². The minimum absolute atomic E-state index is 0.00196. The van der Waals surface area contributed by atoms with Gasteiger partial charge in [-0.25, -0.2) is 0 Å². The molecule has 0 aliphatic rings. The second kappa shape index (κ2) is 17.1. The van der Waals surface area contributed by atoms with Crippen molar-refractivity contribution in [1.29, 1.82) is 0 Å². The first-order valence-corrected chi connectivity index (χ1v) is 19.0. The van der Waals surface area contributed by atoms with E-state index in [1.54, 1.807) is 60.7 Å². The lowest BCUT2D eigenvalue weighted by Gasteiger charge is -2.18. The summed E-state index contributed by atoms with van der Waals surface area (Å²) in [4.78, 5) is 41.9. The average Bonchev–Trinajstić information content (AvgIpc) is 3.56. The summed E-state index contributed by atoms with van der Waals surface area (Å²) in [6.45, 7) is 2.97. The zero-order valence-electron chi connectivity index (χ0n) is 31.1. The maximum atomic E-state index is 14.0. The first-order valence-electron chi connectivity index (χ1n) is 18.1. The third-order valence-electron chi connectivity index (χ3n) is 9.32. The van der Waals surface area contributed by atoms with Gasteiger partial charge >= 0.3 is 0 Å². The van der Waals surface area contributed by atoms with E-state index in [2.05, 4.69) is 45.6 Å². The van der Waals surface area contributed by atoms with E-state index in [-0.39, 0.29) is 11.6 Å². The van der Waals surface area contributed by atoms with E-state index in [0.717, 1.165) is 44.5 Å². The van der Waals surface area contributed by atoms with Crippen LogP contribution in [0, 0.1) is 0 Å². The van der Waals surface area contributed by atoms with Gasteiger partial charge in [0.15, 0.2) is 11.5 Å². The summed E-state index contributed by atoms with van der Waals surface area (Å²) in [7, 11) is 3.04. The van der Waals surface area contributed by atoms with Gasteiger partial charge in [0.1, 0.15) is 10.9 Å². The number of aromatic nitrogens is 1. The van der Waals surface area contributed by atoms with Gasteiger partial charge in [0.2, 0.25) is 5.91 Å². The molecule has 9 nitrogen and oxygen atoms in total. The maximum absolute atomic E-state index is 14.0. The number of fused-ring (bicyclic) bond motifs is 3. The van der Waals surface area contributed by atoms with Gasteiger partial charge in [0.05, 0.1) is 14.2 Å². The Labute approximate surface area is 329 Å². The number of thioether (sulfide) groups is 1. The van der Waals surface area contributed by atoms with Crippen molar-refractivity contribution in [2.75, 3.05) is 24.9 Å². The molecule has 56 heavy (non-hydrogen) atoms. The molecule has 7 rings (SSSR count). The number of nitrogens with one attached hydrogen (secondary N) is 3. The summed E-state index contributed by atoms with van der Waals surface area (Å²) in [6, 6.07) is 45.2. The second-order valence-corrected chi connectivity index (χ2v) is 14.0. The van der Waals surface area contributed by atoms with Crippen LogP contribution in [0.3, 0.4) is 0 Å². The Morgan fingerprint density at radius 1 is 0.696 bits per heavy atom. The van der Waals surface area contributed by atoms with Crippen molar-refractivity contribution in [1.82, 2.24) is 9.88 Å². The Bertz CT molecular complexity index is 2550. The summed E-state index contributed by atoms with van der Waals surface area (Å²) >= 11 is 1.41. The molecule has 0 bridgehead atoms. The molecule has 1 unspecified atom stereocenters. The van der Waals surface area contributed by atoms with Gasteiger partial charge in [-0.05, 0) is 85.3 Å². The van der Waals surface area contributed by atoms with Crippen molar-refractivity contribution in [3.63, 3.8) is 0 Å². The highest BCUT2D eigenvalue weighted by molar-refractivity contribution is 8.00. The number of carbonyl (C=O) groups excluding carboxylic acids is 3. The summed E-state index contributed by atoms with van der Waals surface area (Å²) < 4.78 is 13.3. The molecule has 0 saturated carbocycles. The van der Waals surface area contributed by atoms with E-state index in [9.17, 15) is 14.4 Å². The minimum Gasteiger partial charge on any atom is -0.493 e. The number of nitrogens with zero attached hydrogens (tertiary/aromatic N) is 1. The van der Waals surface area contributed by atoms with Crippen LogP contribution >= 0.6 is 11.8 Å². The van der Waals surface area contributed by atoms with Crippen molar-refractivity contribution in [2.24, 2.45) is 0 Å². The minimum atomic E-state index is -0.565. The van der Waals surface area contributed by atoms with Gasteiger partial charge in [-0.2, -0.15) is 0 Å². The SMILES string of the molecule is CCn1c2ccccc2c2cc(NC(=O)C(Sc3ccc(NC(=O)/C(=C/c4cccc(OC)c4OC)NC(=O)c4ccccc4)cc3)c3ccccc3)ccc21. The number of methoxy groups -OCH3 is 2. The molecule has 1 atom stereocenters. The molecule has 280 valence electrons. The summed E-state index contributed by atoms with van der Waals surface area (Å²) in [5.74, 6) is -0.253. The third-order valence-corrected chi connectivity index (χ3v) is 10.6. The Kier molecular flexibility index (Phi) is 11.5. The highest BCUT2D eigenvalue weighted by atomic mass is 32.2. The van der Waals surface area contributed by atoms with Crippen molar-refractivity contribution in [3.8, 4) is 11.5 Å². The molecule has 0 spiro atoms. The van der Waals surface area contributed by atoms with Crippen LogP contribution in [0.2, 0.25) is 0 Å². The topological polar surface area (TPSA) is 111 Å². The van der Waals surface area contributed by atoms with E-state index in [1.165, 1.54) is 26.0 Å². The molecular weight excluding hydrogens is 721 g/mol. The van der Waals surface area contributed by atoms with Crippen LogP contribution in [0.1, 0.15) is 33.7 Å². The van der Waals surface area contributed by atoms with Crippen molar-refractivity contribution in [2.45, 2.75) is 23.6 Å². The van der Waals surface area contributed by atoms with Crippen LogP contribution in [0.15, 0.2) is 156 Å². The molecule has 3 amide bonds. The van der Waals surface area contributed by atoms with E-state index >= 15 is 0 Å². The van der Waals surface area contributed by atoms with E-state index in [0.29, 0.717) is 28.3 Å². The van der Waals surface area contributed by atoms with Gasteiger partial charge in [0, 0.05) is 55.7 Å². The van der Waals surface area contributed by atoms with Crippen LogP contribution in [0.4, 0.5) is 11.4 Å². The molecule has 0 saturated heterocycles. The summed E-state index contributed by atoms with van der Waals surface area (Å²) in [5, 5.41) is 10.5. The predicted molar refractivity (Wildman–Crippen MR) is 225 cm³/mol. The fraction of sp³-hybridized carbons (Fsp3) is 0.109. The molecule has 7 aromatic rings. The number of para-hydroxylation sites is 2. The molecule has 0 radical (unpaired) electrons. The molecule has 3 N–H and O–H groups in total. The van der Waals surface area contributed by atoms with Crippen molar-refractivity contribution >= 4 is 68.7 Å². The number of amides is 3. The Morgan fingerprint density at radius 2 is 1.38 bits per heavy atom. The highest BCUT2D eigenvalue weighted by Gasteiger charge is 2.23. The van der Waals surface area contributed by atoms with Gasteiger partial charge in [-0.1, -0.05) is 78.9 Å². The monoisotopic (exact) mass is 760 g/mol. The van der Waals surface area contributed by atoms with Gasteiger partial charge in [-0.15, -0.1) is 11.8 Å². The highest BCUT2D eigenvalue weighted by Crippen LogP contribution is 2.38. The molecule has 0 fully saturated rings. The predicted octanol–water partition coefficient (Wildman–Crippen LogP) is 9.71. The van der Waals surface area contributed by atoms with Crippen LogP contribution in [-0.4, -0.2) is 36.5 Å². The second-order valence-electron chi connectivity index (χ2n) is 12.8. The number of rotatable bonds is 13. The lowest BCUT2D eigenvalue weighted by Crippen LogP contribution is -2.30. The summed E-state index contributed by atoms with van der Waals surface area (Å²) in [5.41, 5.74) is 5.28. The molecule has 1 heterocycles. The zero-order valence-corrected chi connectivity index (χ0v) is 31.9. The molecule has 6 aromatic carbocycles. The molecular formula is C46H40N4O5S. The van der Waals surface area contributed by atoms with E-state index in [4.69, 9.17) is 9.47 Å². The van der Waals surface area contributed by atoms with Crippen LogP contribution < -0.4 is 25.4 Å². The fourth-order valence-corrected chi connectivity index (χ4v) is 7.68. The number of anilines is 2. The number of hydrogen-bond donors (Lipinski definition) is 3. The lowest BCUT2D eigenvalue weighted by molar-refractivity contribution is -0.116. The van der Waals surface area contributed by atoms with Gasteiger partial charge in [-0.3, -0.25) is 14.4 Å².